The van der Waals surface area contributed by atoms with Gasteiger partial charge in [0.25, 0.3) is 0 Å². The van der Waals surface area contributed by atoms with Crippen molar-refractivity contribution < 1.29 is 9.84 Å². The van der Waals surface area contributed by atoms with Crippen LogP contribution in [-0.4, -0.2) is 30.4 Å². The molecule has 0 amide bonds. The van der Waals surface area contributed by atoms with Crippen LogP contribution in [0.25, 0.3) is 0 Å². The van der Waals surface area contributed by atoms with E-state index in [1.54, 1.807) is 0 Å². The molecule has 1 aromatic rings. The molecule has 0 bridgehead atoms. The van der Waals surface area contributed by atoms with Crippen molar-refractivity contribution in [3.8, 4) is 5.75 Å². The van der Waals surface area contributed by atoms with E-state index in [1.165, 1.54) is 0 Å². The Morgan fingerprint density at radius 2 is 2.11 bits per heavy atom. The molecule has 2 N–H and O–H groups in total. The number of hydrogen-bond donors (Lipinski definition) is 2. The quantitative estimate of drug-likeness (QED) is 0.801. The molecule has 0 fully saturated rings. The lowest BCUT2D eigenvalue weighted by Crippen LogP contribution is -2.35. The topological polar surface area (TPSA) is 41.5 Å². The number of aliphatic hydroxyl groups excluding tert-OH is 1. The summed E-state index contributed by atoms with van der Waals surface area (Å²) in [6, 6.07) is 5.94. The molecule has 0 saturated carbocycles. The lowest BCUT2D eigenvalue weighted by molar-refractivity contribution is 0.104. The maximum atomic E-state index is 9.73. The number of nitrogens with one attached hydrogen (secondary N) is 1. The number of rotatable bonds is 7. The molecule has 0 heterocycles. The predicted molar refractivity (Wildman–Crippen MR) is 75.5 cm³/mol. The lowest BCUT2D eigenvalue weighted by Gasteiger charge is -2.15. The Morgan fingerprint density at radius 1 is 1.39 bits per heavy atom. The zero-order valence-electron chi connectivity index (χ0n) is 11.2. The molecule has 1 atom stereocenters. The van der Waals surface area contributed by atoms with Gasteiger partial charge in [0.2, 0.25) is 0 Å². The van der Waals surface area contributed by atoms with E-state index in [-0.39, 0.29) is 6.61 Å². The van der Waals surface area contributed by atoms with Crippen LogP contribution in [-0.2, 0) is 6.42 Å². The number of halogens is 1. The van der Waals surface area contributed by atoms with Gasteiger partial charge in [-0.1, -0.05) is 32.4 Å². The summed E-state index contributed by atoms with van der Waals surface area (Å²) in [6.07, 6.45) is 0.362. The van der Waals surface area contributed by atoms with E-state index in [9.17, 15) is 5.11 Å². The fraction of sp³-hybridized carbons (Fsp3) is 0.571. The Bertz CT molecular complexity index is 369. The first kappa shape index (κ1) is 15.3. The Balaban J connectivity index is 2.43. The van der Waals surface area contributed by atoms with Crippen molar-refractivity contribution in [2.75, 3.05) is 13.2 Å². The zero-order chi connectivity index (χ0) is 13.5. The molecule has 1 unspecified atom stereocenters. The molecule has 102 valence electrons. The Labute approximate surface area is 114 Å². The second kappa shape index (κ2) is 7.62. The second-order valence-corrected chi connectivity index (χ2v) is 5.04. The first-order chi connectivity index (χ1) is 8.52. The SMILES string of the molecule is CCc1cc(OCC(O)CNC(C)C)ccc1Cl. The third kappa shape index (κ3) is 5.25. The number of aliphatic hydroxyl groups is 1. The van der Waals surface area contributed by atoms with Crippen LogP contribution >= 0.6 is 11.6 Å². The number of aryl methyl sites for hydroxylation is 1. The average molecular weight is 272 g/mol. The van der Waals surface area contributed by atoms with E-state index in [1.807, 2.05) is 39.0 Å². The van der Waals surface area contributed by atoms with Crippen molar-refractivity contribution in [3.63, 3.8) is 0 Å². The molecule has 18 heavy (non-hydrogen) atoms. The minimum Gasteiger partial charge on any atom is -0.491 e. The van der Waals surface area contributed by atoms with Crippen molar-refractivity contribution in [2.45, 2.75) is 39.3 Å². The number of benzene rings is 1. The molecule has 0 aliphatic rings. The van der Waals surface area contributed by atoms with Gasteiger partial charge in [0.15, 0.2) is 0 Å². The molecular formula is C14H22ClNO2. The van der Waals surface area contributed by atoms with Crippen LogP contribution in [0.2, 0.25) is 5.02 Å². The summed E-state index contributed by atoms with van der Waals surface area (Å²) in [7, 11) is 0. The van der Waals surface area contributed by atoms with Gasteiger partial charge in [-0.25, -0.2) is 0 Å². The van der Waals surface area contributed by atoms with Gasteiger partial charge in [0.1, 0.15) is 18.5 Å². The molecule has 3 nitrogen and oxygen atoms in total. The summed E-state index contributed by atoms with van der Waals surface area (Å²) in [5.74, 6) is 0.750. The third-order valence-corrected chi connectivity index (χ3v) is 2.97. The highest BCUT2D eigenvalue weighted by atomic mass is 35.5. The van der Waals surface area contributed by atoms with Crippen molar-refractivity contribution in [1.82, 2.24) is 5.32 Å². The van der Waals surface area contributed by atoms with Gasteiger partial charge in [-0.05, 0) is 30.2 Å². The molecule has 4 heteroatoms. The fourth-order valence-corrected chi connectivity index (χ4v) is 1.79. The summed E-state index contributed by atoms with van der Waals surface area (Å²) in [4.78, 5) is 0. The van der Waals surface area contributed by atoms with Gasteiger partial charge < -0.3 is 15.2 Å². The van der Waals surface area contributed by atoms with Crippen LogP contribution in [0.5, 0.6) is 5.75 Å². The van der Waals surface area contributed by atoms with Crippen LogP contribution in [0.3, 0.4) is 0 Å². The van der Waals surface area contributed by atoms with Crippen LogP contribution in [0.4, 0.5) is 0 Å². The van der Waals surface area contributed by atoms with E-state index < -0.39 is 6.10 Å². The van der Waals surface area contributed by atoms with Crippen molar-refractivity contribution in [1.29, 1.82) is 0 Å². The van der Waals surface area contributed by atoms with Gasteiger partial charge in [0, 0.05) is 17.6 Å². The standard InChI is InChI=1S/C14H22ClNO2/c1-4-11-7-13(5-6-14(11)15)18-9-12(17)8-16-10(2)3/h5-7,10,12,16-17H,4,8-9H2,1-3H3. The summed E-state index contributed by atoms with van der Waals surface area (Å²) in [5, 5.41) is 13.6. The van der Waals surface area contributed by atoms with Gasteiger partial charge in [0.05, 0.1) is 0 Å². The van der Waals surface area contributed by atoms with Crippen molar-refractivity contribution in [2.24, 2.45) is 0 Å². The zero-order valence-corrected chi connectivity index (χ0v) is 12.0. The molecule has 0 aromatic heterocycles. The molecule has 0 saturated heterocycles. The van der Waals surface area contributed by atoms with E-state index in [0.29, 0.717) is 12.6 Å². The molecule has 0 aliphatic heterocycles. The molecule has 1 aromatic carbocycles. The van der Waals surface area contributed by atoms with E-state index in [4.69, 9.17) is 16.3 Å². The molecule has 0 radical (unpaired) electrons. The number of hydrogen-bond acceptors (Lipinski definition) is 3. The van der Waals surface area contributed by atoms with Crippen molar-refractivity contribution >= 4 is 11.6 Å². The third-order valence-electron chi connectivity index (χ3n) is 2.60. The van der Waals surface area contributed by atoms with Crippen LogP contribution < -0.4 is 10.1 Å². The Kier molecular flexibility index (Phi) is 6.47. The molecule has 0 spiro atoms. The highest BCUT2D eigenvalue weighted by Gasteiger charge is 2.07. The summed E-state index contributed by atoms with van der Waals surface area (Å²) < 4.78 is 5.55. The normalized spacial score (nSPS) is 12.8. The maximum Gasteiger partial charge on any atom is 0.119 e. The van der Waals surface area contributed by atoms with Crippen LogP contribution in [0, 0.1) is 0 Å². The molecular weight excluding hydrogens is 250 g/mol. The van der Waals surface area contributed by atoms with Gasteiger partial charge in [-0.15, -0.1) is 0 Å². The monoisotopic (exact) mass is 271 g/mol. The minimum atomic E-state index is -0.506. The average Bonchev–Trinajstić information content (AvgIpc) is 2.35. The van der Waals surface area contributed by atoms with Gasteiger partial charge in [-0.2, -0.15) is 0 Å². The largest absolute Gasteiger partial charge is 0.491 e. The predicted octanol–water partition coefficient (Wildman–Crippen LogP) is 2.64. The second-order valence-electron chi connectivity index (χ2n) is 4.63. The summed E-state index contributed by atoms with van der Waals surface area (Å²) in [5.41, 5.74) is 1.06. The first-order valence-corrected chi connectivity index (χ1v) is 6.73. The Hall–Kier alpha value is -0.770. The number of ether oxygens (including phenoxy) is 1. The van der Waals surface area contributed by atoms with Crippen LogP contribution in [0.15, 0.2) is 18.2 Å². The first-order valence-electron chi connectivity index (χ1n) is 6.35. The van der Waals surface area contributed by atoms with Crippen LogP contribution in [0.1, 0.15) is 26.3 Å². The minimum absolute atomic E-state index is 0.282. The molecule has 1 rings (SSSR count). The van der Waals surface area contributed by atoms with Gasteiger partial charge >= 0.3 is 0 Å². The Morgan fingerprint density at radius 3 is 2.72 bits per heavy atom. The smallest absolute Gasteiger partial charge is 0.119 e. The van der Waals surface area contributed by atoms with E-state index in [2.05, 4.69) is 5.32 Å². The maximum absolute atomic E-state index is 9.73. The van der Waals surface area contributed by atoms with Crippen molar-refractivity contribution in [3.05, 3.63) is 28.8 Å². The lowest BCUT2D eigenvalue weighted by atomic mass is 10.1. The fourth-order valence-electron chi connectivity index (χ4n) is 1.53. The highest BCUT2D eigenvalue weighted by molar-refractivity contribution is 6.31. The molecule has 0 aliphatic carbocycles. The summed E-state index contributed by atoms with van der Waals surface area (Å²) >= 11 is 6.03. The van der Waals surface area contributed by atoms with E-state index >= 15 is 0 Å². The van der Waals surface area contributed by atoms with Gasteiger partial charge in [-0.3, -0.25) is 0 Å². The summed E-state index contributed by atoms with van der Waals surface area (Å²) in [6.45, 7) is 6.95. The highest BCUT2D eigenvalue weighted by Crippen LogP contribution is 2.22. The van der Waals surface area contributed by atoms with E-state index in [0.717, 1.165) is 22.8 Å².